The number of carbonyl (C=O) groups is 4. The van der Waals surface area contributed by atoms with Gasteiger partial charge in [0.25, 0.3) is 5.91 Å². The number of benzene rings is 1. The van der Waals surface area contributed by atoms with Gasteiger partial charge in [-0.05, 0) is 63.0 Å². The molecule has 4 amide bonds. The first-order valence-electron chi connectivity index (χ1n) is 14.8. The Morgan fingerprint density at radius 1 is 0.900 bits per heavy atom. The lowest BCUT2D eigenvalue weighted by molar-refractivity contribution is -0.137. The number of imide groups is 1. The molecule has 1 unspecified atom stereocenters. The Kier molecular flexibility index (Phi) is 14.4. The molecule has 0 aliphatic carbocycles. The number of hydrogen-bond acceptors (Lipinski definition) is 6. The molecule has 2 aliphatic rings. The highest BCUT2D eigenvalue weighted by Crippen LogP contribution is 2.32. The number of piperidine rings is 1. The summed E-state index contributed by atoms with van der Waals surface area (Å²) in [5.41, 5.74) is 1.67. The lowest BCUT2D eigenvalue weighted by atomic mass is 10.0. The second-order valence-corrected chi connectivity index (χ2v) is 10.9. The first-order chi connectivity index (χ1) is 19.5. The predicted octanol–water partition coefficient (Wildman–Crippen LogP) is 4.95. The maximum Gasteiger partial charge on any atom is 0.257 e. The molecule has 222 valence electrons. The summed E-state index contributed by atoms with van der Waals surface area (Å²) in [4.78, 5) is 50.9. The zero-order valence-electron chi connectivity index (χ0n) is 23.5. The molecule has 2 N–H and O–H groups in total. The van der Waals surface area contributed by atoms with Crippen LogP contribution in [0.4, 0.5) is 5.69 Å². The van der Waals surface area contributed by atoms with E-state index < -0.39 is 11.9 Å². The van der Waals surface area contributed by atoms with Crippen LogP contribution < -0.4 is 10.6 Å². The Morgan fingerprint density at radius 3 is 2.17 bits per heavy atom. The molecule has 9 nitrogen and oxygen atoms in total. The van der Waals surface area contributed by atoms with Crippen molar-refractivity contribution in [3.63, 3.8) is 0 Å². The fourth-order valence-corrected chi connectivity index (χ4v) is 5.23. The van der Waals surface area contributed by atoms with Gasteiger partial charge in [-0.15, -0.1) is 11.6 Å². The van der Waals surface area contributed by atoms with Gasteiger partial charge in [0.2, 0.25) is 17.7 Å². The van der Waals surface area contributed by atoms with Crippen molar-refractivity contribution in [1.29, 1.82) is 0 Å². The minimum Gasteiger partial charge on any atom is -0.381 e. The van der Waals surface area contributed by atoms with E-state index in [2.05, 4.69) is 10.6 Å². The van der Waals surface area contributed by atoms with E-state index in [0.29, 0.717) is 30.7 Å². The minimum atomic E-state index is -0.677. The van der Waals surface area contributed by atoms with Gasteiger partial charge in [-0.2, -0.15) is 0 Å². The number of anilines is 1. The van der Waals surface area contributed by atoms with Crippen molar-refractivity contribution in [2.75, 3.05) is 37.6 Å². The van der Waals surface area contributed by atoms with Crippen LogP contribution in [0.1, 0.15) is 99.4 Å². The molecule has 2 aliphatic heterocycles. The van der Waals surface area contributed by atoms with Crippen molar-refractivity contribution < 1.29 is 28.7 Å². The SMILES string of the molecule is O=C1CCC(N2Cc3cccc(NC(=O)CCCCCOCCCCCOCCCCCCCl)c3C2=O)C(=O)N1. The quantitative estimate of drug-likeness (QED) is 0.129. The van der Waals surface area contributed by atoms with Gasteiger partial charge in [0, 0.05) is 51.7 Å². The van der Waals surface area contributed by atoms with Crippen molar-refractivity contribution >= 4 is 40.9 Å². The zero-order chi connectivity index (χ0) is 28.6. The van der Waals surface area contributed by atoms with Gasteiger partial charge in [-0.3, -0.25) is 24.5 Å². The Bertz CT molecular complexity index is 988. The zero-order valence-corrected chi connectivity index (χ0v) is 24.3. The number of hydrogen-bond donors (Lipinski definition) is 2. The fraction of sp³-hybridized carbons (Fsp3) is 0.667. The average Bonchev–Trinajstić information content (AvgIpc) is 3.27. The van der Waals surface area contributed by atoms with Crippen molar-refractivity contribution in [2.24, 2.45) is 0 Å². The molecule has 0 bridgehead atoms. The summed E-state index contributed by atoms with van der Waals surface area (Å²) in [5, 5.41) is 5.19. The number of amides is 4. The second kappa shape index (κ2) is 18.0. The summed E-state index contributed by atoms with van der Waals surface area (Å²) < 4.78 is 11.4. The topological polar surface area (TPSA) is 114 Å². The van der Waals surface area contributed by atoms with Crippen LogP contribution in [0, 0.1) is 0 Å². The van der Waals surface area contributed by atoms with Gasteiger partial charge in [0.05, 0.1) is 11.3 Å². The number of unbranched alkanes of at least 4 members (excludes halogenated alkanes) is 7. The maximum atomic E-state index is 13.1. The molecule has 1 atom stereocenters. The maximum absolute atomic E-state index is 13.1. The van der Waals surface area contributed by atoms with Crippen LogP contribution in [0.5, 0.6) is 0 Å². The molecule has 1 aromatic carbocycles. The molecule has 40 heavy (non-hydrogen) atoms. The Morgan fingerprint density at radius 2 is 1.52 bits per heavy atom. The molecule has 2 heterocycles. The molecule has 3 rings (SSSR count). The highest BCUT2D eigenvalue weighted by molar-refractivity contribution is 6.17. The van der Waals surface area contributed by atoms with Crippen LogP contribution in [-0.4, -0.2) is 66.9 Å². The van der Waals surface area contributed by atoms with E-state index in [0.717, 1.165) is 82.6 Å². The van der Waals surface area contributed by atoms with E-state index in [4.69, 9.17) is 21.1 Å². The van der Waals surface area contributed by atoms with E-state index in [1.807, 2.05) is 6.07 Å². The first-order valence-corrected chi connectivity index (χ1v) is 15.3. The molecule has 10 heteroatoms. The smallest absolute Gasteiger partial charge is 0.257 e. The van der Waals surface area contributed by atoms with Gasteiger partial charge >= 0.3 is 0 Å². The largest absolute Gasteiger partial charge is 0.381 e. The minimum absolute atomic E-state index is 0.140. The van der Waals surface area contributed by atoms with Gasteiger partial charge in [0.15, 0.2) is 0 Å². The van der Waals surface area contributed by atoms with Crippen LogP contribution in [0.25, 0.3) is 0 Å². The van der Waals surface area contributed by atoms with Crippen molar-refractivity contribution in [1.82, 2.24) is 10.2 Å². The highest BCUT2D eigenvalue weighted by Gasteiger charge is 2.40. The number of carbonyl (C=O) groups excluding carboxylic acids is 4. The van der Waals surface area contributed by atoms with Crippen LogP contribution in [-0.2, 0) is 30.4 Å². The first kappa shape index (κ1) is 32.0. The molecular formula is C30H44ClN3O6. The number of rotatable bonds is 20. The van der Waals surface area contributed by atoms with E-state index in [9.17, 15) is 19.2 Å². The Labute approximate surface area is 242 Å². The summed E-state index contributed by atoms with van der Waals surface area (Å²) in [6.45, 7) is 3.38. The third-order valence-electron chi connectivity index (χ3n) is 7.27. The Hall–Kier alpha value is -2.49. The second-order valence-electron chi connectivity index (χ2n) is 10.5. The lowest BCUT2D eigenvalue weighted by Gasteiger charge is -2.29. The van der Waals surface area contributed by atoms with Crippen LogP contribution in [0.2, 0.25) is 0 Å². The predicted molar refractivity (Wildman–Crippen MR) is 154 cm³/mol. The summed E-state index contributed by atoms with van der Waals surface area (Å²) >= 11 is 5.67. The number of nitrogens with one attached hydrogen (secondary N) is 2. The third kappa shape index (κ3) is 10.5. The number of halogens is 1. The van der Waals surface area contributed by atoms with Crippen molar-refractivity contribution in [3.05, 3.63) is 29.3 Å². The van der Waals surface area contributed by atoms with Gasteiger partial charge in [-0.25, -0.2) is 0 Å². The van der Waals surface area contributed by atoms with Gasteiger partial charge in [-0.1, -0.05) is 31.4 Å². The monoisotopic (exact) mass is 577 g/mol. The molecule has 1 aromatic rings. The summed E-state index contributed by atoms with van der Waals surface area (Å²) in [6, 6.07) is 4.67. The average molecular weight is 578 g/mol. The molecule has 1 fully saturated rings. The van der Waals surface area contributed by atoms with Crippen LogP contribution in [0.3, 0.4) is 0 Å². The molecular weight excluding hydrogens is 534 g/mol. The molecule has 0 spiro atoms. The van der Waals surface area contributed by atoms with E-state index in [1.54, 1.807) is 12.1 Å². The molecule has 0 saturated carbocycles. The fourth-order valence-electron chi connectivity index (χ4n) is 5.04. The number of nitrogens with zero attached hydrogens (tertiary/aromatic N) is 1. The third-order valence-corrected chi connectivity index (χ3v) is 7.54. The number of fused-ring (bicyclic) bond motifs is 1. The lowest BCUT2D eigenvalue weighted by Crippen LogP contribution is -2.52. The van der Waals surface area contributed by atoms with Crippen LogP contribution in [0.15, 0.2) is 18.2 Å². The molecule has 1 saturated heterocycles. The molecule has 0 radical (unpaired) electrons. The van der Waals surface area contributed by atoms with Gasteiger partial charge in [0.1, 0.15) is 6.04 Å². The van der Waals surface area contributed by atoms with E-state index in [-0.39, 0.29) is 30.7 Å². The summed E-state index contributed by atoms with van der Waals surface area (Å²) in [7, 11) is 0. The van der Waals surface area contributed by atoms with Crippen molar-refractivity contribution in [3.8, 4) is 0 Å². The highest BCUT2D eigenvalue weighted by atomic mass is 35.5. The normalized spacial score (nSPS) is 16.8. The number of ether oxygens (including phenoxy) is 2. The number of alkyl halides is 1. The standard InChI is InChI=1S/C30H44ClN3O6/c31-17-6-1-2-7-18-39-20-9-4-10-21-40-19-8-3-5-14-26(35)32-24-13-11-12-23-22-34(30(38)28(23)24)25-15-16-27(36)33-29(25)37/h11-13,25H,1-10,14-22H2,(H,32,35)(H,33,36,37). The van der Waals surface area contributed by atoms with Crippen LogP contribution >= 0.6 is 11.6 Å². The Balaban J connectivity index is 1.22. The summed E-state index contributed by atoms with van der Waals surface area (Å²) in [5.74, 6) is -0.449. The van der Waals surface area contributed by atoms with Gasteiger partial charge < -0.3 is 19.7 Å². The summed E-state index contributed by atoms with van der Waals surface area (Å²) in [6.07, 6.45) is 11.2. The van der Waals surface area contributed by atoms with Crippen molar-refractivity contribution in [2.45, 2.75) is 96.1 Å². The molecule has 0 aromatic heterocycles. The van der Waals surface area contributed by atoms with E-state index in [1.165, 1.54) is 17.7 Å². The van der Waals surface area contributed by atoms with E-state index >= 15 is 0 Å².